The van der Waals surface area contributed by atoms with Crippen LogP contribution in [0.25, 0.3) is 0 Å². The molecule has 0 aromatic heterocycles. The van der Waals surface area contributed by atoms with Gasteiger partial charge in [0.05, 0.1) is 12.1 Å². The monoisotopic (exact) mass is 831 g/mol. The summed E-state index contributed by atoms with van der Waals surface area (Å²) in [6.07, 6.45) is 0.337. The van der Waals surface area contributed by atoms with E-state index in [1.54, 1.807) is 6.26 Å². The molecule has 0 heterocycles. The number of hydrogen-bond donors (Lipinski definition) is 13. The van der Waals surface area contributed by atoms with Crippen LogP contribution in [-0.4, -0.2) is 137 Å². The van der Waals surface area contributed by atoms with E-state index in [1.165, 1.54) is 11.8 Å². The maximum absolute atomic E-state index is 13.7. The number of carboxylic acid groups (broad SMARTS) is 2. The third-order valence-electron chi connectivity index (χ3n) is 7.88. The lowest BCUT2D eigenvalue weighted by atomic mass is 10.0. The molecule has 0 spiro atoms. The van der Waals surface area contributed by atoms with E-state index in [9.17, 15) is 48.3 Å². The van der Waals surface area contributed by atoms with Crippen molar-refractivity contribution in [3.63, 3.8) is 0 Å². The van der Waals surface area contributed by atoms with Crippen LogP contribution in [-0.2, 0) is 43.2 Å². The van der Waals surface area contributed by atoms with Crippen LogP contribution < -0.4 is 61.0 Å². The normalized spacial score (nSPS) is 13.8. The van der Waals surface area contributed by atoms with Crippen molar-refractivity contribution in [1.82, 2.24) is 26.6 Å². The zero-order valence-corrected chi connectivity index (χ0v) is 32.6. The summed E-state index contributed by atoms with van der Waals surface area (Å²) in [5.41, 5.74) is 32.5. The van der Waals surface area contributed by atoms with Gasteiger partial charge in [0, 0.05) is 32.4 Å². The molecule has 0 radical (unpaired) electrons. The van der Waals surface area contributed by atoms with Gasteiger partial charge in [0.25, 0.3) is 0 Å². The smallest absolute Gasteiger partial charge is 0.303 e. The molecule has 19 N–H and O–H groups in total. The van der Waals surface area contributed by atoms with Crippen molar-refractivity contribution in [2.45, 2.75) is 107 Å². The maximum Gasteiger partial charge on any atom is 0.303 e. The number of aldehydes is 1. The number of hydrogen-bond acceptors (Lipinski definition) is 13. The topological polar surface area (TPSA) is 435 Å². The second kappa shape index (κ2) is 28.7. The van der Waals surface area contributed by atoms with Gasteiger partial charge in [-0.25, -0.2) is 0 Å². The fraction of sp³-hybridized carbons (Fsp3) is 0.656. The molecule has 24 nitrogen and oxygen atoms in total. The second-order valence-electron chi connectivity index (χ2n) is 12.7. The molecule has 0 saturated heterocycles. The highest BCUT2D eigenvalue weighted by Gasteiger charge is 2.32. The fourth-order valence-electron chi connectivity index (χ4n) is 4.85. The molecule has 0 aliphatic rings. The number of carboxylic acids is 2. The second-order valence-corrected chi connectivity index (χ2v) is 13.6. The van der Waals surface area contributed by atoms with Crippen molar-refractivity contribution in [2.75, 3.05) is 25.1 Å². The lowest BCUT2D eigenvalue weighted by molar-refractivity contribution is -0.139. The summed E-state index contributed by atoms with van der Waals surface area (Å²) < 4.78 is 0. The van der Waals surface area contributed by atoms with Gasteiger partial charge >= 0.3 is 11.9 Å². The van der Waals surface area contributed by atoms with E-state index < -0.39 is 109 Å². The average molecular weight is 832 g/mol. The van der Waals surface area contributed by atoms with Crippen LogP contribution in [0.4, 0.5) is 0 Å². The lowest BCUT2D eigenvalue weighted by Crippen LogP contribution is -2.59. The van der Waals surface area contributed by atoms with E-state index in [2.05, 4.69) is 36.6 Å². The molecule has 6 atom stereocenters. The summed E-state index contributed by atoms with van der Waals surface area (Å²) in [6, 6.07) is -8.01. The number of nitrogens with two attached hydrogens (primary N) is 6. The molecule has 57 heavy (non-hydrogen) atoms. The average Bonchev–Trinajstić information content (AvgIpc) is 3.13. The molecule has 25 heteroatoms. The number of nitrogens with zero attached hydrogens (tertiary/aromatic N) is 2. The molecule has 0 aromatic rings. The fourth-order valence-corrected chi connectivity index (χ4v) is 5.32. The number of carbonyl (C=O) groups excluding carboxylic acids is 7. The predicted octanol–water partition coefficient (Wildman–Crippen LogP) is -5.21. The van der Waals surface area contributed by atoms with Crippen molar-refractivity contribution in [3.05, 3.63) is 0 Å². The van der Waals surface area contributed by atoms with E-state index >= 15 is 0 Å². The number of thioether (sulfide) groups is 1. The quantitative estimate of drug-likeness (QED) is 0.0134. The van der Waals surface area contributed by atoms with Crippen molar-refractivity contribution in [1.29, 1.82) is 0 Å². The Bertz CT molecular complexity index is 1440. The molecule has 0 unspecified atom stereocenters. The minimum atomic E-state index is -1.51. The number of aliphatic imine (C=N–C) groups is 2. The van der Waals surface area contributed by atoms with E-state index in [4.69, 9.17) is 39.5 Å². The number of guanidine groups is 2. The molecule has 0 saturated carbocycles. The first-order valence-corrected chi connectivity index (χ1v) is 19.2. The van der Waals surface area contributed by atoms with Gasteiger partial charge in [-0.1, -0.05) is 0 Å². The Morgan fingerprint density at radius 1 is 0.579 bits per heavy atom. The highest BCUT2D eigenvalue weighted by molar-refractivity contribution is 7.98. The first-order chi connectivity index (χ1) is 26.8. The summed E-state index contributed by atoms with van der Waals surface area (Å²) in [5.74, 6) is -7.94. The van der Waals surface area contributed by atoms with Gasteiger partial charge in [-0.15, -0.1) is 0 Å². The van der Waals surface area contributed by atoms with Gasteiger partial charge in [-0.2, -0.15) is 11.8 Å². The summed E-state index contributed by atoms with van der Waals surface area (Å²) in [6.45, 7) is 0.250. The number of primary amides is 1. The van der Waals surface area contributed by atoms with Crippen molar-refractivity contribution in [3.8, 4) is 0 Å². The van der Waals surface area contributed by atoms with Crippen LogP contribution in [0.1, 0.15) is 70.6 Å². The van der Waals surface area contributed by atoms with Gasteiger partial charge in [0.1, 0.15) is 30.5 Å². The first kappa shape index (κ1) is 51.3. The van der Waals surface area contributed by atoms with Gasteiger partial charge in [-0.3, -0.25) is 48.3 Å². The van der Waals surface area contributed by atoms with Crippen molar-refractivity contribution >= 4 is 77.3 Å². The maximum atomic E-state index is 13.7. The summed E-state index contributed by atoms with van der Waals surface area (Å²) in [4.78, 5) is 120. The van der Waals surface area contributed by atoms with Gasteiger partial charge in [-0.05, 0) is 63.4 Å². The van der Waals surface area contributed by atoms with E-state index in [0.717, 1.165) is 0 Å². The van der Waals surface area contributed by atoms with E-state index in [-0.39, 0.29) is 63.5 Å². The molecule has 0 aliphatic carbocycles. The first-order valence-electron chi connectivity index (χ1n) is 17.8. The van der Waals surface area contributed by atoms with E-state index in [0.29, 0.717) is 18.5 Å². The number of nitrogens with one attached hydrogen (secondary N) is 5. The third kappa shape index (κ3) is 24.4. The molecule has 0 aliphatic heterocycles. The molecule has 0 bridgehead atoms. The molecular formula is C32H57N13O11S. The Hall–Kier alpha value is -5.72. The molecule has 6 amide bonds. The van der Waals surface area contributed by atoms with Gasteiger partial charge in [0.15, 0.2) is 11.9 Å². The van der Waals surface area contributed by atoms with Crippen LogP contribution in [0.2, 0.25) is 0 Å². The van der Waals surface area contributed by atoms with Crippen LogP contribution in [0.15, 0.2) is 9.98 Å². The summed E-state index contributed by atoms with van der Waals surface area (Å²) in [5, 5.41) is 30.4. The van der Waals surface area contributed by atoms with Gasteiger partial charge in [0.2, 0.25) is 35.4 Å². The van der Waals surface area contributed by atoms with Crippen molar-refractivity contribution < 1.29 is 53.4 Å². The van der Waals surface area contributed by atoms with Crippen LogP contribution in [0, 0.1) is 0 Å². The summed E-state index contributed by atoms with van der Waals surface area (Å²) in [7, 11) is 0. The molecule has 322 valence electrons. The Balaban J connectivity index is 6.30. The summed E-state index contributed by atoms with van der Waals surface area (Å²) >= 11 is 1.30. The Labute approximate surface area is 333 Å². The van der Waals surface area contributed by atoms with Crippen molar-refractivity contribution in [2.24, 2.45) is 44.4 Å². The Morgan fingerprint density at radius 3 is 1.42 bits per heavy atom. The minimum absolute atomic E-state index is 0.0211. The standard InChI is InChI=1S/C32H57N13O11S/c1-57-15-12-22(45-29(55)21(8-11-25(50)51)42-26(52)18(33)6-10-24(48)49)30(56)44-20(7-9-23(34)47)28(54)43-19(5-3-14-40-32(37)38)27(53)41-17(16-46)4-2-13-39-31(35)36/h16-22H,2-15,33H2,1H3,(H2,34,47)(H,41,53)(H,42,52)(H,43,54)(H,44,56)(H,45,55)(H,48,49)(H,50,51)(H4,35,36,39)(H4,37,38,40)/t17-,18-,19-,20-,21-,22-/m0/s1. The highest BCUT2D eigenvalue weighted by Crippen LogP contribution is 2.09. The Morgan fingerprint density at radius 2 is 0.982 bits per heavy atom. The zero-order valence-electron chi connectivity index (χ0n) is 31.8. The van der Waals surface area contributed by atoms with Crippen LogP contribution in [0.3, 0.4) is 0 Å². The largest absolute Gasteiger partial charge is 0.481 e. The molecule has 0 fully saturated rings. The van der Waals surface area contributed by atoms with Crippen LogP contribution >= 0.6 is 11.8 Å². The minimum Gasteiger partial charge on any atom is -0.481 e. The predicted molar refractivity (Wildman–Crippen MR) is 209 cm³/mol. The molecule has 0 aromatic carbocycles. The van der Waals surface area contributed by atoms with Gasteiger partial charge < -0.3 is 76.0 Å². The highest BCUT2D eigenvalue weighted by atomic mass is 32.2. The third-order valence-corrected chi connectivity index (χ3v) is 8.52. The number of rotatable bonds is 31. The van der Waals surface area contributed by atoms with E-state index in [1.807, 2.05) is 0 Å². The number of carbonyl (C=O) groups is 9. The zero-order chi connectivity index (χ0) is 43.5. The van der Waals surface area contributed by atoms with Crippen LogP contribution in [0.5, 0.6) is 0 Å². The Kier molecular flexibility index (Phi) is 25.8. The SMILES string of the molecule is CSCC[C@H](NC(=O)[C@H](CCC(=O)O)NC(=O)[C@@H](N)CCC(=O)O)C(=O)N[C@@H](CCC(N)=O)C(=O)N[C@@H](CCCN=C(N)N)C(=O)N[C@H](C=O)CCCN=C(N)N. The molecular weight excluding hydrogens is 774 g/mol. The number of amides is 6. The lowest BCUT2D eigenvalue weighted by Gasteiger charge is -2.27. The number of aliphatic carboxylic acids is 2. The molecule has 0 rings (SSSR count).